The molecular formula is C10H12N4O. The fourth-order valence-corrected chi connectivity index (χ4v) is 1.41. The van der Waals surface area contributed by atoms with Gasteiger partial charge in [0.25, 0.3) is 5.91 Å². The lowest BCUT2D eigenvalue weighted by Crippen LogP contribution is -2.20. The maximum atomic E-state index is 11.6. The lowest BCUT2D eigenvalue weighted by atomic mass is 10.2. The Balaban J connectivity index is 2.32. The predicted molar refractivity (Wildman–Crippen MR) is 57.6 cm³/mol. The highest BCUT2D eigenvalue weighted by molar-refractivity contribution is 6.13. The molecule has 2 heterocycles. The minimum Gasteiger partial charge on any atom is -0.325 e. The van der Waals surface area contributed by atoms with E-state index in [-0.39, 0.29) is 5.91 Å². The third-order valence-electron chi connectivity index (χ3n) is 2.19. The van der Waals surface area contributed by atoms with Crippen LogP contribution in [0.3, 0.4) is 0 Å². The van der Waals surface area contributed by atoms with Crippen LogP contribution in [-0.2, 0) is 4.79 Å². The zero-order valence-corrected chi connectivity index (χ0v) is 8.47. The lowest BCUT2D eigenvalue weighted by molar-refractivity contribution is -0.116. The van der Waals surface area contributed by atoms with Crippen LogP contribution in [0, 0.1) is 6.92 Å². The van der Waals surface area contributed by atoms with Gasteiger partial charge in [-0.2, -0.15) is 10.1 Å². The summed E-state index contributed by atoms with van der Waals surface area (Å²) in [5.41, 5.74) is 7.18. The van der Waals surface area contributed by atoms with Crippen LogP contribution in [-0.4, -0.2) is 23.1 Å². The third kappa shape index (κ3) is 1.87. The van der Waals surface area contributed by atoms with E-state index in [0.29, 0.717) is 24.5 Å². The minimum absolute atomic E-state index is 0.0754. The number of aromatic nitrogens is 1. The predicted octanol–water partition coefficient (Wildman–Crippen LogP) is 0.441. The number of hydrogen-bond donors (Lipinski definition) is 1. The Kier molecular flexibility index (Phi) is 2.47. The summed E-state index contributed by atoms with van der Waals surface area (Å²) in [7, 11) is 0. The molecule has 0 saturated carbocycles. The number of aryl methyl sites for hydroxylation is 1. The van der Waals surface area contributed by atoms with Crippen molar-refractivity contribution in [2.75, 3.05) is 11.6 Å². The molecule has 1 aliphatic rings. The highest BCUT2D eigenvalue weighted by atomic mass is 16.2. The van der Waals surface area contributed by atoms with Gasteiger partial charge in [-0.25, -0.2) is 4.98 Å². The second-order valence-corrected chi connectivity index (χ2v) is 3.44. The average Bonchev–Trinajstić information content (AvgIpc) is 2.60. The highest BCUT2D eigenvalue weighted by Crippen LogP contribution is 2.18. The highest BCUT2D eigenvalue weighted by Gasteiger charge is 2.24. The van der Waals surface area contributed by atoms with E-state index in [2.05, 4.69) is 10.1 Å². The number of pyridine rings is 1. The molecule has 1 aromatic rings. The molecule has 2 rings (SSSR count). The van der Waals surface area contributed by atoms with Crippen molar-refractivity contribution >= 4 is 17.4 Å². The maximum Gasteiger partial charge on any atom is 0.254 e. The normalized spacial score (nSPS) is 15.7. The van der Waals surface area contributed by atoms with Crippen molar-refractivity contribution in [3.63, 3.8) is 0 Å². The van der Waals surface area contributed by atoms with Gasteiger partial charge in [0.15, 0.2) is 5.82 Å². The summed E-state index contributed by atoms with van der Waals surface area (Å²) < 4.78 is 0. The van der Waals surface area contributed by atoms with Crippen LogP contribution in [0.5, 0.6) is 0 Å². The van der Waals surface area contributed by atoms with Crippen molar-refractivity contribution in [2.45, 2.75) is 13.3 Å². The Morgan fingerprint density at radius 1 is 1.60 bits per heavy atom. The van der Waals surface area contributed by atoms with Gasteiger partial charge in [0.05, 0.1) is 12.1 Å². The molecule has 15 heavy (non-hydrogen) atoms. The van der Waals surface area contributed by atoms with Gasteiger partial charge in [0.1, 0.15) is 0 Å². The smallest absolute Gasteiger partial charge is 0.254 e. The van der Waals surface area contributed by atoms with Crippen molar-refractivity contribution < 1.29 is 4.79 Å². The molecule has 0 atom stereocenters. The fraction of sp³-hybridized carbons (Fsp3) is 0.300. The molecule has 5 heteroatoms. The maximum absolute atomic E-state index is 11.6. The van der Waals surface area contributed by atoms with E-state index >= 15 is 0 Å². The molecule has 0 saturated heterocycles. The zero-order valence-electron chi connectivity index (χ0n) is 8.47. The standard InChI is InChI=1S/C10H12N4O/c1-7-2-3-12-9(4-7)14-10(15)5-8(6-11)13-14/h2-4H,5-6,11H2,1H3. The second-order valence-electron chi connectivity index (χ2n) is 3.44. The molecule has 1 aliphatic heterocycles. The first kappa shape index (κ1) is 9.79. The number of carbonyl (C=O) groups is 1. The molecule has 0 fully saturated rings. The van der Waals surface area contributed by atoms with E-state index in [4.69, 9.17) is 5.73 Å². The summed E-state index contributed by atoms with van der Waals surface area (Å²) in [6.45, 7) is 2.26. The monoisotopic (exact) mass is 204 g/mol. The Labute approximate surface area is 87.6 Å². The van der Waals surface area contributed by atoms with Crippen molar-refractivity contribution in [3.8, 4) is 0 Å². The number of carbonyl (C=O) groups excluding carboxylic acids is 1. The van der Waals surface area contributed by atoms with Crippen LogP contribution in [0.15, 0.2) is 23.4 Å². The molecule has 0 unspecified atom stereocenters. The number of anilines is 1. The lowest BCUT2D eigenvalue weighted by Gasteiger charge is -2.10. The number of hydrazone groups is 1. The first-order valence-electron chi connectivity index (χ1n) is 4.73. The van der Waals surface area contributed by atoms with Crippen LogP contribution in [0.2, 0.25) is 0 Å². The van der Waals surface area contributed by atoms with Crippen molar-refractivity contribution in [3.05, 3.63) is 23.9 Å². The van der Waals surface area contributed by atoms with Crippen LogP contribution in [0.25, 0.3) is 0 Å². The van der Waals surface area contributed by atoms with Crippen molar-refractivity contribution in [1.82, 2.24) is 4.98 Å². The number of nitrogens with zero attached hydrogens (tertiary/aromatic N) is 3. The van der Waals surface area contributed by atoms with Gasteiger partial charge in [-0.05, 0) is 24.6 Å². The van der Waals surface area contributed by atoms with Crippen LogP contribution in [0.4, 0.5) is 5.82 Å². The first-order chi connectivity index (χ1) is 7.20. The average molecular weight is 204 g/mol. The number of nitrogens with two attached hydrogens (primary N) is 1. The molecule has 0 bridgehead atoms. The Morgan fingerprint density at radius 2 is 2.40 bits per heavy atom. The number of hydrogen-bond acceptors (Lipinski definition) is 4. The quantitative estimate of drug-likeness (QED) is 0.759. The van der Waals surface area contributed by atoms with Crippen LogP contribution >= 0.6 is 0 Å². The van der Waals surface area contributed by atoms with Gasteiger partial charge in [0, 0.05) is 12.7 Å². The summed E-state index contributed by atoms with van der Waals surface area (Å²) in [4.78, 5) is 15.7. The Hall–Kier alpha value is -1.75. The topological polar surface area (TPSA) is 71.6 Å². The SMILES string of the molecule is Cc1ccnc(N2N=C(CN)CC2=O)c1. The van der Waals surface area contributed by atoms with E-state index < -0.39 is 0 Å². The third-order valence-corrected chi connectivity index (χ3v) is 2.19. The van der Waals surface area contributed by atoms with Gasteiger partial charge in [0.2, 0.25) is 0 Å². The molecule has 78 valence electrons. The zero-order chi connectivity index (χ0) is 10.8. The molecule has 1 amide bonds. The molecule has 0 aromatic carbocycles. The van der Waals surface area contributed by atoms with Gasteiger partial charge in [-0.3, -0.25) is 4.79 Å². The fourth-order valence-electron chi connectivity index (χ4n) is 1.41. The molecule has 2 N–H and O–H groups in total. The second kappa shape index (κ2) is 3.78. The van der Waals surface area contributed by atoms with E-state index in [1.807, 2.05) is 19.1 Å². The Morgan fingerprint density at radius 3 is 3.00 bits per heavy atom. The van der Waals surface area contributed by atoms with E-state index in [1.54, 1.807) is 6.20 Å². The van der Waals surface area contributed by atoms with Gasteiger partial charge in [-0.1, -0.05) is 0 Å². The van der Waals surface area contributed by atoms with Crippen molar-refractivity contribution in [2.24, 2.45) is 10.8 Å². The van der Waals surface area contributed by atoms with E-state index in [9.17, 15) is 4.79 Å². The van der Waals surface area contributed by atoms with Crippen LogP contribution in [0.1, 0.15) is 12.0 Å². The van der Waals surface area contributed by atoms with Gasteiger partial charge < -0.3 is 5.73 Å². The summed E-state index contributed by atoms with van der Waals surface area (Å²) >= 11 is 0. The number of rotatable bonds is 2. The molecule has 0 aliphatic carbocycles. The van der Waals surface area contributed by atoms with Gasteiger partial charge in [-0.15, -0.1) is 0 Å². The van der Waals surface area contributed by atoms with Crippen molar-refractivity contribution in [1.29, 1.82) is 0 Å². The molecular weight excluding hydrogens is 192 g/mol. The first-order valence-corrected chi connectivity index (χ1v) is 4.73. The Bertz CT molecular complexity index is 427. The van der Waals surface area contributed by atoms with E-state index in [1.165, 1.54) is 5.01 Å². The van der Waals surface area contributed by atoms with E-state index in [0.717, 1.165) is 5.56 Å². The minimum atomic E-state index is -0.0754. The summed E-state index contributed by atoms with van der Waals surface area (Å²) in [5.74, 6) is 0.483. The molecule has 5 nitrogen and oxygen atoms in total. The number of amides is 1. The van der Waals surface area contributed by atoms with Gasteiger partial charge >= 0.3 is 0 Å². The molecule has 0 spiro atoms. The summed E-state index contributed by atoms with van der Waals surface area (Å²) in [6.07, 6.45) is 1.96. The van der Waals surface area contributed by atoms with Crippen LogP contribution < -0.4 is 10.7 Å². The summed E-state index contributed by atoms with van der Waals surface area (Å²) in [6, 6.07) is 3.69. The summed E-state index contributed by atoms with van der Waals surface area (Å²) in [5, 5.41) is 5.43. The molecule has 0 radical (unpaired) electrons. The largest absolute Gasteiger partial charge is 0.325 e. The molecule has 1 aromatic heterocycles.